The van der Waals surface area contributed by atoms with Gasteiger partial charge in [-0.25, -0.2) is 0 Å². The minimum atomic E-state index is 0. The Labute approximate surface area is 167 Å². The van der Waals surface area contributed by atoms with Gasteiger partial charge in [0.2, 0.25) is 5.91 Å². The molecule has 1 saturated heterocycles. The molecule has 0 radical (unpaired) electrons. The molecule has 2 heterocycles. The molecule has 0 aromatic carbocycles. The molecular weight excluding hydrogens is 375 g/mol. The molecule has 2 bridgehead atoms. The molecule has 1 aromatic heterocycles. The molecule has 1 aliphatic heterocycles. The van der Waals surface area contributed by atoms with E-state index in [0.717, 1.165) is 51.3 Å². The SMILES string of the molecule is Cl.Cl.NC1C2CCCC1CC(C(=O)N1CCN(Cc3ccon3)CC1)C2. The standard InChI is InChI=1S/C18H28N4O2.2ClH/c19-17-13-2-1-3-14(17)11-15(10-13)18(23)22-7-5-21(6-8-22)12-16-4-9-24-20-16;;/h4,9,13-15,17H,1-3,5-8,10-12,19H2;2*1H. The molecule has 2 aliphatic carbocycles. The first-order valence-electron chi connectivity index (χ1n) is 9.36. The summed E-state index contributed by atoms with van der Waals surface area (Å²) in [6.07, 6.45) is 7.36. The highest BCUT2D eigenvalue weighted by atomic mass is 35.5. The number of nitrogens with zero attached hydrogens (tertiary/aromatic N) is 3. The van der Waals surface area contributed by atoms with Gasteiger partial charge in [-0.3, -0.25) is 9.69 Å². The number of rotatable bonds is 3. The van der Waals surface area contributed by atoms with Crippen molar-refractivity contribution in [2.24, 2.45) is 23.5 Å². The van der Waals surface area contributed by atoms with Crippen molar-refractivity contribution in [2.45, 2.75) is 44.7 Å². The molecule has 1 aromatic rings. The third-order valence-corrected chi connectivity index (χ3v) is 6.32. The lowest BCUT2D eigenvalue weighted by Gasteiger charge is -2.45. The van der Waals surface area contributed by atoms with Crippen LogP contribution < -0.4 is 5.73 Å². The fourth-order valence-corrected chi connectivity index (χ4v) is 4.92. The molecule has 3 fully saturated rings. The summed E-state index contributed by atoms with van der Waals surface area (Å²) in [5.41, 5.74) is 7.32. The number of nitrogens with two attached hydrogens (primary N) is 1. The molecule has 6 nitrogen and oxygen atoms in total. The van der Waals surface area contributed by atoms with Crippen LogP contribution in [-0.4, -0.2) is 53.1 Å². The summed E-state index contributed by atoms with van der Waals surface area (Å²) in [7, 11) is 0. The van der Waals surface area contributed by atoms with E-state index in [1.807, 2.05) is 6.07 Å². The smallest absolute Gasteiger partial charge is 0.225 e. The van der Waals surface area contributed by atoms with Crippen molar-refractivity contribution >= 4 is 30.7 Å². The van der Waals surface area contributed by atoms with Gasteiger partial charge in [-0.15, -0.1) is 24.8 Å². The number of aromatic nitrogens is 1. The van der Waals surface area contributed by atoms with E-state index in [1.165, 1.54) is 19.3 Å². The van der Waals surface area contributed by atoms with Crippen LogP contribution in [0.4, 0.5) is 0 Å². The highest BCUT2D eigenvalue weighted by molar-refractivity contribution is 5.85. The van der Waals surface area contributed by atoms with E-state index in [2.05, 4.69) is 15.0 Å². The Bertz CT molecular complexity index is 550. The third-order valence-electron chi connectivity index (χ3n) is 6.32. The van der Waals surface area contributed by atoms with Gasteiger partial charge in [0.15, 0.2) is 0 Å². The topological polar surface area (TPSA) is 75.6 Å². The Morgan fingerprint density at radius 2 is 1.81 bits per heavy atom. The second-order valence-electron chi connectivity index (χ2n) is 7.79. The number of carbonyl (C=O) groups is 1. The zero-order valence-corrected chi connectivity index (χ0v) is 16.7. The van der Waals surface area contributed by atoms with Crippen LogP contribution in [0.3, 0.4) is 0 Å². The molecule has 1 amide bonds. The lowest BCUT2D eigenvalue weighted by molar-refractivity contribution is -0.140. The van der Waals surface area contributed by atoms with Crippen LogP contribution >= 0.6 is 24.8 Å². The van der Waals surface area contributed by atoms with Crippen LogP contribution in [0.15, 0.2) is 16.9 Å². The first kappa shape index (κ1) is 21.5. The van der Waals surface area contributed by atoms with E-state index in [4.69, 9.17) is 10.3 Å². The van der Waals surface area contributed by atoms with Crippen LogP contribution in [0.2, 0.25) is 0 Å². The van der Waals surface area contributed by atoms with Crippen molar-refractivity contribution in [2.75, 3.05) is 26.2 Å². The number of halogens is 2. The summed E-state index contributed by atoms with van der Waals surface area (Å²) in [6.45, 7) is 4.29. The summed E-state index contributed by atoms with van der Waals surface area (Å²) in [5.74, 6) is 1.72. The summed E-state index contributed by atoms with van der Waals surface area (Å²) in [6, 6.07) is 2.24. The number of piperazine rings is 1. The van der Waals surface area contributed by atoms with Crippen molar-refractivity contribution in [3.05, 3.63) is 18.0 Å². The average Bonchev–Trinajstić information content (AvgIpc) is 3.08. The first-order valence-corrected chi connectivity index (χ1v) is 9.36. The van der Waals surface area contributed by atoms with E-state index < -0.39 is 0 Å². The molecule has 26 heavy (non-hydrogen) atoms. The molecule has 2 saturated carbocycles. The summed E-state index contributed by atoms with van der Waals surface area (Å²) in [4.78, 5) is 17.4. The third kappa shape index (κ3) is 4.53. The average molecular weight is 405 g/mol. The van der Waals surface area contributed by atoms with Crippen LogP contribution in [-0.2, 0) is 11.3 Å². The lowest BCUT2D eigenvalue weighted by Crippen LogP contribution is -2.53. The maximum Gasteiger partial charge on any atom is 0.225 e. The molecular formula is C18H30Cl2N4O2. The maximum absolute atomic E-state index is 13.0. The maximum atomic E-state index is 13.0. The Hall–Kier alpha value is -0.820. The zero-order chi connectivity index (χ0) is 16.5. The minimum absolute atomic E-state index is 0. The van der Waals surface area contributed by atoms with Gasteiger partial charge in [-0.1, -0.05) is 11.6 Å². The van der Waals surface area contributed by atoms with Gasteiger partial charge in [0, 0.05) is 50.7 Å². The van der Waals surface area contributed by atoms with E-state index in [-0.39, 0.29) is 30.7 Å². The Morgan fingerprint density at radius 3 is 2.38 bits per heavy atom. The molecule has 4 rings (SSSR count). The van der Waals surface area contributed by atoms with E-state index >= 15 is 0 Å². The second-order valence-corrected chi connectivity index (χ2v) is 7.79. The number of carbonyl (C=O) groups excluding carboxylic acids is 1. The van der Waals surface area contributed by atoms with Crippen molar-refractivity contribution in [1.29, 1.82) is 0 Å². The summed E-state index contributed by atoms with van der Waals surface area (Å²) >= 11 is 0. The fraction of sp³-hybridized carbons (Fsp3) is 0.778. The highest BCUT2D eigenvalue weighted by Gasteiger charge is 2.41. The number of hydrogen-bond donors (Lipinski definition) is 1. The van der Waals surface area contributed by atoms with Gasteiger partial charge in [-0.05, 0) is 37.5 Å². The highest BCUT2D eigenvalue weighted by Crippen LogP contribution is 2.42. The predicted octanol–water partition coefficient (Wildman–Crippen LogP) is 2.32. The Balaban J connectivity index is 0.00000121. The second kappa shape index (κ2) is 9.40. The largest absolute Gasteiger partial charge is 0.364 e. The number of hydrogen-bond acceptors (Lipinski definition) is 5. The van der Waals surface area contributed by atoms with Crippen molar-refractivity contribution in [3.63, 3.8) is 0 Å². The van der Waals surface area contributed by atoms with Gasteiger partial charge in [0.05, 0.1) is 5.69 Å². The zero-order valence-electron chi connectivity index (χ0n) is 15.1. The molecule has 2 unspecified atom stereocenters. The molecule has 2 atom stereocenters. The molecule has 3 aliphatic rings. The lowest BCUT2D eigenvalue weighted by atomic mass is 9.65. The first-order chi connectivity index (χ1) is 11.7. The Kier molecular flexibility index (Phi) is 7.76. The van der Waals surface area contributed by atoms with Crippen molar-refractivity contribution < 1.29 is 9.32 Å². The van der Waals surface area contributed by atoms with Gasteiger partial charge in [0.25, 0.3) is 0 Å². The number of amides is 1. The predicted molar refractivity (Wildman–Crippen MR) is 104 cm³/mol. The normalized spacial score (nSPS) is 31.7. The number of fused-ring (bicyclic) bond motifs is 2. The van der Waals surface area contributed by atoms with Crippen LogP contribution in [0, 0.1) is 17.8 Å². The van der Waals surface area contributed by atoms with Crippen LogP contribution in [0.25, 0.3) is 0 Å². The van der Waals surface area contributed by atoms with Crippen LogP contribution in [0.5, 0.6) is 0 Å². The summed E-state index contributed by atoms with van der Waals surface area (Å²) < 4.78 is 4.89. The molecule has 2 N–H and O–H groups in total. The van der Waals surface area contributed by atoms with E-state index in [0.29, 0.717) is 23.8 Å². The molecule has 0 spiro atoms. The van der Waals surface area contributed by atoms with E-state index in [9.17, 15) is 4.79 Å². The van der Waals surface area contributed by atoms with Crippen molar-refractivity contribution in [1.82, 2.24) is 15.0 Å². The van der Waals surface area contributed by atoms with Crippen molar-refractivity contribution in [3.8, 4) is 0 Å². The Morgan fingerprint density at radius 1 is 1.15 bits per heavy atom. The monoisotopic (exact) mass is 404 g/mol. The van der Waals surface area contributed by atoms with Gasteiger partial charge >= 0.3 is 0 Å². The van der Waals surface area contributed by atoms with Gasteiger partial charge < -0.3 is 15.2 Å². The molecule has 8 heteroatoms. The quantitative estimate of drug-likeness (QED) is 0.836. The van der Waals surface area contributed by atoms with E-state index in [1.54, 1.807) is 6.26 Å². The van der Waals surface area contributed by atoms with Crippen LogP contribution in [0.1, 0.15) is 37.8 Å². The minimum Gasteiger partial charge on any atom is -0.364 e. The van der Waals surface area contributed by atoms with Gasteiger partial charge in [-0.2, -0.15) is 0 Å². The molecule has 148 valence electrons. The fourth-order valence-electron chi connectivity index (χ4n) is 4.92. The summed E-state index contributed by atoms with van der Waals surface area (Å²) in [5, 5.41) is 3.97. The van der Waals surface area contributed by atoms with Gasteiger partial charge in [0.1, 0.15) is 6.26 Å².